The molecule has 21 heavy (non-hydrogen) atoms. The third kappa shape index (κ3) is 4.56. The Labute approximate surface area is 129 Å². The third-order valence-electron chi connectivity index (χ3n) is 2.83. The first-order valence-corrected chi connectivity index (χ1v) is 7.88. The van der Waals surface area contributed by atoms with E-state index in [9.17, 15) is 4.79 Å². The van der Waals surface area contributed by atoms with Gasteiger partial charge in [-0.3, -0.25) is 0 Å². The molecular weight excluding hydrogens is 284 g/mol. The first-order chi connectivity index (χ1) is 10.1. The molecule has 0 amide bonds. The number of nitrogens with one attached hydrogen (secondary N) is 1. The average Bonchev–Trinajstić information content (AvgIpc) is 2.93. The zero-order valence-corrected chi connectivity index (χ0v) is 13.4. The van der Waals surface area contributed by atoms with Crippen molar-refractivity contribution in [1.82, 2.24) is 4.98 Å². The normalized spacial score (nSPS) is 10.7. The number of benzene rings is 1. The Hall–Kier alpha value is -1.88. The largest absolute Gasteiger partial charge is 0.459 e. The fourth-order valence-electron chi connectivity index (χ4n) is 1.79. The van der Waals surface area contributed by atoms with E-state index in [0.717, 1.165) is 23.7 Å². The maximum atomic E-state index is 11.7. The molecule has 1 aromatic heterocycles. The van der Waals surface area contributed by atoms with Crippen molar-refractivity contribution in [3.63, 3.8) is 0 Å². The molecule has 2 aromatic rings. The van der Waals surface area contributed by atoms with Gasteiger partial charge in [-0.25, -0.2) is 9.78 Å². The number of esters is 1. The molecule has 2 rings (SSSR count). The lowest BCUT2D eigenvalue weighted by Gasteiger charge is -2.09. The van der Waals surface area contributed by atoms with Crippen LogP contribution in [0.15, 0.2) is 30.5 Å². The van der Waals surface area contributed by atoms with Crippen molar-refractivity contribution in [3.8, 4) is 0 Å². The Bertz CT molecular complexity index is 591. The lowest BCUT2D eigenvalue weighted by molar-refractivity contribution is 0.0378. The molecule has 0 atom stereocenters. The first kappa shape index (κ1) is 15.5. The molecule has 0 bridgehead atoms. The Morgan fingerprint density at radius 1 is 1.33 bits per heavy atom. The third-order valence-corrected chi connectivity index (χ3v) is 3.98. The summed E-state index contributed by atoms with van der Waals surface area (Å²) in [7, 11) is 0. The number of thiazole rings is 1. The summed E-state index contributed by atoms with van der Waals surface area (Å²) < 4.78 is 5.15. The molecule has 5 heteroatoms. The van der Waals surface area contributed by atoms with Crippen molar-refractivity contribution >= 4 is 23.0 Å². The molecule has 1 aromatic carbocycles. The van der Waals surface area contributed by atoms with Gasteiger partial charge in [0.05, 0.1) is 23.2 Å². The fraction of sp³-hybridized carbons (Fsp3) is 0.375. The molecule has 1 N–H and O–H groups in total. The van der Waals surface area contributed by atoms with Gasteiger partial charge in [0.1, 0.15) is 0 Å². The van der Waals surface area contributed by atoms with Crippen LogP contribution in [0.25, 0.3) is 0 Å². The minimum atomic E-state index is -0.286. The maximum absolute atomic E-state index is 11.7. The minimum Gasteiger partial charge on any atom is -0.459 e. The standard InChI is InChI=1S/C16H20N2O2S/c1-4-15-18-10-14(21-15)9-17-13-7-5-12(6-8-13)16(19)20-11(2)3/h5-8,10-11,17H,4,9H2,1-3H3. The highest BCUT2D eigenvalue weighted by molar-refractivity contribution is 7.11. The number of aromatic nitrogens is 1. The highest BCUT2D eigenvalue weighted by Crippen LogP contribution is 2.16. The monoisotopic (exact) mass is 304 g/mol. The maximum Gasteiger partial charge on any atom is 0.338 e. The van der Waals surface area contributed by atoms with Crippen molar-refractivity contribution in [2.75, 3.05) is 5.32 Å². The zero-order chi connectivity index (χ0) is 15.2. The van der Waals surface area contributed by atoms with Gasteiger partial charge in [-0.1, -0.05) is 6.92 Å². The van der Waals surface area contributed by atoms with Crippen LogP contribution in [-0.4, -0.2) is 17.1 Å². The van der Waals surface area contributed by atoms with Crippen LogP contribution in [0.5, 0.6) is 0 Å². The second-order valence-corrected chi connectivity index (χ2v) is 6.16. The van der Waals surface area contributed by atoms with Crippen LogP contribution in [0.1, 0.15) is 41.0 Å². The summed E-state index contributed by atoms with van der Waals surface area (Å²) in [6.45, 7) is 6.53. The summed E-state index contributed by atoms with van der Waals surface area (Å²) in [6.07, 6.45) is 2.77. The summed E-state index contributed by atoms with van der Waals surface area (Å²) in [6, 6.07) is 7.33. The molecule has 0 spiro atoms. The van der Waals surface area contributed by atoms with E-state index in [0.29, 0.717) is 5.56 Å². The van der Waals surface area contributed by atoms with Crippen molar-refractivity contribution in [2.24, 2.45) is 0 Å². The molecule has 0 aliphatic carbocycles. The molecule has 0 fully saturated rings. The molecule has 4 nitrogen and oxygen atoms in total. The van der Waals surface area contributed by atoms with Gasteiger partial charge >= 0.3 is 5.97 Å². The lowest BCUT2D eigenvalue weighted by atomic mass is 10.2. The predicted octanol–water partition coefficient (Wildman–Crippen LogP) is 3.88. The minimum absolute atomic E-state index is 0.102. The number of carbonyl (C=O) groups excluding carboxylic acids is 1. The van der Waals surface area contributed by atoms with E-state index in [4.69, 9.17) is 4.74 Å². The number of rotatable bonds is 6. The number of hydrogen-bond acceptors (Lipinski definition) is 5. The highest BCUT2D eigenvalue weighted by atomic mass is 32.1. The SMILES string of the molecule is CCc1ncc(CNc2ccc(C(=O)OC(C)C)cc2)s1. The van der Waals surface area contributed by atoms with Crippen LogP contribution in [0.4, 0.5) is 5.69 Å². The van der Waals surface area contributed by atoms with Gasteiger partial charge in [0, 0.05) is 16.8 Å². The number of ether oxygens (including phenoxy) is 1. The van der Waals surface area contributed by atoms with Crippen molar-refractivity contribution in [3.05, 3.63) is 45.9 Å². The van der Waals surface area contributed by atoms with Gasteiger partial charge in [-0.05, 0) is 44.5 Å². The molecule has 0 aliphatic heterocycles. The van der Waals surface area contributed by atoms with E-state index >= 15 is 0 Å². The molecule has 0 radical (unpaired) electrons. The van der Waals surface area contributed by atoms with Gasteiger partial charge in [-0.2, -0.15) is 0 Å². The number of aryl methyl sites for hydroxylation is 1. The number of anilines is 1. The number of hydrogen-bond donors (Lipinski definition) is 1. The first-order valence-electron chi connectivity index (χ1n) is 7.07. The van der Waals surface area contributed by atoms with Crippen LogP contribution in [0, 0.1) is 0 Å². The van der Waals surface area contributed by atoms with Gasteiger partial charge in [0.15, 0.2) is 0 Å². The molecule has 0 aliphatic rings. The second-order valence-electron chi connectivity index (χ2n) is 4.96. The fourth-order valence-corrected chi connectivity index (χ4v) is 2.59. The lowest BCUT2D eigenvalue weighted by Crippen LogP contribution is -2.11. The van der Waals surface area contributed by atoms with Crippen LogP contribution in [0.2, 0.25) is 0 Å². The van der Waals surface area contributed by atoms with Crippen molar-refractivity contribution in [2.45, 2.75) is 39.8 Å². The highest BCUT2D eigenvalue weighted by Gasteiger charge is 2.08. The molecule has 1 heterocycles. The van der Waals surface area contributed by atoms with E-state index in [2.05, 4.69) is 17.2 Å². The van der Waals surface area contributed by atoms with Crippen molar-refractivity contribution < 1.29 is 9.53 Å². The molecule has 0 saturated heterocycles. The van der Waals surface area contributed by atoms with Gasteiger partial charge < -0.3 is 10.1 Å². The Morgan fingerprint density at radius 2 is 2.05 bits per heavy atom. The Balaban J connectivity index is 1.91. The summed E-state index contributed by atoms with van der Waals surface area (Å²) in [5, 5.41) is 4.48. The molecule has 0 saturated carbocycles. The van der Waals surface area contributed by atoms with Crippen LogP contribution in [-0.2, 0) is 17.7 Å². The smallest absolute Gasteiger partial charge is 0.338 e. The molecule has 112 valence electrons. The van der Waals surface area contributed by atoms with Crippen LogP contribution < -0.4 is 5.32 Å². The summed E-state index contributed by atoms with van der Waals surface area (Å²) in [5.74, 6) is -0.286. The summed E-state index contributed by atoms with van der Waals surface area (Å²) in [5.41, 5.74) is 1.54. The molecular formula is C16H20N2O2S. The quantitative estimate of drug-likeness (QED) is 0.823. The van der Waals surface area contributed by atoms with Crippen molar-refractivity contribution in [1.29, 1.82) is 0 Å². The van der Waals surface area contributed by atoms with E-state index in [1.807, 2.05) is 32.2 Å². The van der Waals surface area contributed by atoms with Crippen LogP contribution >= 0.6 is 11.3 Å². The van der Waals surface area contributed by atoms with Gasteiger partial charge in [0.2, 0.25) is 0 Å². The topological polar surface area (TPSA) is 51.2 Å². The van der Waals surface area contributed by atoms with E-state index in [1.54, 1.807) is 23.5 Å². The predicted molar refractivity (Wildman–Crippen MR) is 85.8 cm³/mol. The van der Waals surface area contributed by atoms with E-state index < -0.39 is 0 Å². The van der Waals surface area contributed by atoms with Crippen LogP contribution in [0.3, 0.4) is 0 Å². The second kappa shape index (κ2) is 7.22. The number of carbonyl (C=O) groups is 1. The van der Waals surface area contributed by atoms with Gasteiger partial charge in [0.25, 0.3) is 0 Å². The van der Waals surface area contributed by atoms with Gasteiger partial charge in [-0.15, -0.1) is 11.3 Å². The molecule has 0 unspecified atom stereocenters. The average molecular weight is 304 g/mol. The Kier molecular flexibility index (Phi) is 5.33. The summed E-state index contributed by atoms with van der Waals surface area (Å²) >= 11 is 1.72. The Morgan fingerprint density at radius 3 is 2.62 bits per heavy atom. The summed E-state index contributed by atoms with van der Waals surface area (Å²) in [4.78, 5) is 17.3. The number of nitrogens with zero attached hydrogens (tertiary/aromatic N) is 1. The van der Waals surface area contributed by atoms with E-state index in [1.165, 1.54) is 4.88 Å². The zero-order valence-electron chi connectivity index (χ0n) is 12.6. The van der Waals surface area contributed by atoms with E-state index in [-0.39, 0.29) is 12.1 Å².